The van der Waals surface area contributed by atoms with Crippen LogP contribution in [-0.4, -0.2) is 0 Å². The van der Waals surface area contributed by atoms with Crippen LogP contribution in [0.25, 0.3) is 0 Å². The molecule has 0 aliphatic heterocycles. The van der Waals surface area contributed by atoms with E-state index in [9.17, 15) is 0 Å². The van der Waals surface area contributed by atoms with Crippen LogP contribution in [0.15, 0.2) is 175 Å². The van der Waals surface area contributed by atoms with Crippen molar-refractivity contribution in [3.63, 3.8) is 0 Å². The average Bonchev–Trinajstić information content (AvgIpc) is 3.69. The van der Waals surface area contributed by atoms with E-state index in [2.05, 4.69) is 0 Å². The minimum Gasteiger partial charge on any atom is -0.489 e. The molecule has 0 spiro atoms. The number of hydrogen-bond donors (Lipinski definition) is 0. The monoisotopic (exact) mass is 732 g/mol. The van der Waals surface area contributed by atoms with Crippen molar-refractivity contribution in [3.05, 3.63) is 215 Å². The number of hydrogen-bond acceptors (Lipinski definition) is 7. The summed E-state index contributed by atoms with van der Waals surface area (Å²) in [6, 6.07) is 52.2. The molecule has 55 heavy (non-hydrogen) atoms. The quantitative estimate of drug-likeness (QED) is 0.0773. The zero-order chi connectivity index (χ0) is 37.3. The Kier molecular flexibility index (Phi) is 13.3. The van der Waals surface area contributed by atoms with E-state index in [0.717, 1.165) is 44.5 Å². The van der Waals surface area contributed by atoms with Gasteiger partial charge in [-0.05, 0) is 57.6 Å². The minimum absolute atomic E-state index is 0.352. The summed E-state index contributed by atoms with van der Waals surface area (Å²) in [6.45, 7) is 3.23. The Labute approximate surface area is 322 Å². The second-order valence-corrected chi connectivity index (χ2v) is 13.1. The lowest BCUT2D eigenvalue weighted by Crippen LogP contribution is -2.02. The highest BCUT2D eigenvalue weighted by Gasteiger charge is 2.11. The second-order valence-electron chi connectivity index (χ2n) is 13.1. The first-order chi connectivity index (χ1) is 27.2. The van der Waals surface area contributed by atoms with Gasteiger partial charge in [-0.2, -0.15) is 0 Å². The third kappa shape index (κ3) is 11.9. The summed E-state index contributed by atoms with van der Waals surface area (Å²) < 4.78 is 42.7. The van der Waals surface area contributed by atoms with Gasteiger partial charge in [0.25, 0.3) is 0 Å². The molecule has 7 aromatic rings. The Bertz CT molecular complexity index is 1890. The maximum Gasteiger partial charge on any atom is 0.123 e. The predicted molar refractivity (Wildman–Crippen MR) is 212 cm³/mol. The molecule has 0 atom stereocenters. The van der Waals surface area contributed by atoms with Crippen molar-refractivity contribution in [2.75, 3.05) is 0 Å². The number of ether oxygens (including phenoxy) is 6. The van der Waals surface area contributed by atoms with Crippen molar-refractivity contribution in [2.24, 2.45) is 0 Å². The second kappa shape index (κ2) is 19.7. The molecule has 0 bridgehead atoms. The molecular weight excluding hydrogens is 689 g/mol. The van der Waals surface area contributed by atoms with E-state index in [1.54, 1.807) is 12.5 Å². The van der Waals surface area contributed by atoms with Crippen LogP contribution in [0, 0.1) is 0 Å². The van der Waals surface area contributed by atoms with E-state index >= 15 is 0 Å². The maximum atomic E-state index is 6.20. The molecular formula is C48H44O7. The first-order valence-electron chi connectivity index (χ1n) is 18.4. The van der Waals surface area contributed by atoms with Gasteiger partial charge < -0.3 is 32.8 Å². The van der Waals surface area contributed by atoms with Crippen LogP contribution in [0.4, 0.5) is 0 Å². The molecule has 1 aromatic heterocycles. The van der Waals surface area contributed by atoms with Crippen molar-refractivity contribution < 1.29 is 32.8 Å². The lowest BCUT2D eigenvalue weighted by Gasteiger charge is -2.14. The summed E-state index contributed by atoms with van der Waals surface area (Å²) in [5.74, 6) is 2.87. The number of furan rings is 1. The van der Waals surface area contributed by atoms with Crippen molar-refractivity contribution in [1.82, 2.24) is 0 Å². The van der Waals surface area contributed by atoms with Gasteiger partial charge in [0.05, 0.1) is 39.0 Å². The topological polar surface area (TPSA) is 68.5 Å². The molecule has 7 heteroatoms. The smallest absolute Gasteiger partial charge is 0.123 e. The molecule has 0 aliphatic carbocycles. The van der Waals surface area contributed by atoms with Gasteiger partial charge in [0, 0.05) is 23.3 Å². The molecule has 0 fully saturated rings. The largest absolute Gasteiger partial charge is 0.489 e. The Balaban J connectivity index is 0.954. The van der Waals surface area contributed by atoms with Gasteiger partial charge in [-0.1, -0.05) is 121 Å². The molecule has 0 saturated heterocycles. The van der Waals surface area contributed by atoms with Gasteiger partial charge in [-0.25, -0.2) is 0 Å². The molecule has 0 aliphatic rings. The zero-order valence-electron chi connectivity index (χ0n) is 30.7. The molecule has 7 nitrogen and oxygen atoms in total. The molecule has 0 radical (unpaired) electrons. The van der Waals surface area contributed by atoms with E-state index in [-0.39, 0.29) is 0 Å². The number of benzene rings is 6. The van der Waals surface area contributed by atoms with Gasteiger partial charge in [0.15, 0.2) is 0 Å². The van der Waals surface area contributed by atoms with Gasteiger partial charge in [-0.3, -0.25) is 0 Å². The Morgan fingerprint density at radius 3 is 0.873 bits per heavy atom. The van der Waals surface area contributed by atoms with Crippen LogP contribution >= 0.6 is 0 Å². The van der Waals surface area contributed by atoms with Crippen LogP contribution in [0.3, 0.4) is 0 Å². The Morgan fingerprint density at radius 2 is 0.582 bits per heavy atom. The highest BCUT2D eigenvalue weighted by molar-refractivity contribution is 5.40. The van der Waals surface area contributed by atoms with E-state index in [4.69, 9.17) is 32.8 Å². The van der Waals surface area contributed by atoms with Crippen LogP contribution in [0.2, 0.25) is 0 Å². The van der Waals surface area contributed by atoms with Crippen molar-refractivity contribution in [3.8, 4) is 23.0 Å². The molecule has 1 heterocycles. The van der Waals surface area contributed by atoms with Gasteiger partial charge in [0.1, 0.15) is 49.4 Å². The lowest BCUT2D eigenvalue weighted by molar-refractivity contribution is 0.0935. The fraction of sp³-hybridized carbons (Fsp3) is 0.167. The van der Waals surface area contributed by atoms with E-state index in [1.165, 1.54) is 0 Å². The molecule has 6 aromatic carbocycles. The van der Waals surface area contributed by atoms with Gasteiger partial charge >= 0.3 is 0 Å². The van der Waals surface area contributed by atoms with Crippen LogP contribution < -0.4 is 18.9 Å². The van der Waals surface area contributed by atoms with Crippen LogP contribution in [0.5, 0.6) is 23.0 Å². The standard InChI is InChI=1S/C48H44O7/c1-5-13-37(14-6-1)29-52-45-21-41(22-46(25-45)53-30-38-15-7-2-8-16-38)27-49-33-43-35-51-36-44(43)34-50-28-42-23-47(54-31-39-17-9-3-10-18-39)26-48(24-42)55-32-40-19-11-4-12-20-40/h1-26,35-36H,27-34H2. The first-order valence-corrected chi connectivity index (χ1v) is 18.4. The Hall–Kier alpha value is -6.28. The SMILES string of the molecule is c1ccc(COc2cc(COCc3cocc3COCc3cc(OCc4ccccc4)cc(OCc4ccccc4)c3)cc(OCc3ccccc3)c2)cc1. The maximum absolute atomic E-state index is 6.20. The van der Waals surface area contributed by atoms with Crippen molar-refractivity contribution in [1.29, 1.82) is 0 Å². The summed E-state index contributed by atoms with van der Waals surface area (Å²) in [4.78, 5) is 0. The summed E-state index contributed by atoms with van der Waals surface area (Å²) in [5.41, 5.74) is 8.08. The minimum atomic E-state index is 0.352. The highest BCUT2D eigenvalue weighted by Crippen LogP contribution is 2.28. The highest BCUT2D eigenvalue weighted by atomic mass is 16.5. The van der Waals surface area contributed by atoms with E-state index < -0.39 is 0 Å². The molecule has 0 amide bonds. The number of rotatable bonds is 20. The fourth-order valence-corrected chi connectivity index (χ4v) is 5.89. The van der Waals surface area contributed by atoms with Crippen LogP contribution in [-0.2, 0) is 62.3 Å². The molecule has 0 N–H and O–H groups in total. The predicted octanol–water partition coefficient (Wildman–Crippen LogP) is 11.0. The first kappa shape index (κ1) is 37.1. The average molecular weight is 733 g/mol. The van der Waals surface area contributed by atoms with Crippen molar-refractivity contribution in [2.45, 2.75) is 52.9 Å². The normalized spacial score (nSPS) is 10.9. The Morgan fingerprint density at radius 1 is 0.291 bits per heavy atom. The lowest BCUT2D eigenvalue weighted by atomic mass is 10.2. The summed E-state index contributed by atoms with van der Waals surface area (Å²) in [5, 5.41) is 0. The fourth-order valence-electron chi connectivity index (χ4n) is 5.89. The van der Waals surface area contributed by atoms with E-state index in [1.807, 2.05) is 158 Å². The molecule has 278 valence electrons. The van der Waals surface area contributed by atoms with Crippen molar-refractivity contribution >= 4 is 0 Å². The zero-order valence-corrected chi connectivity index (χ0v) is 30.7. The third-order valence-electron chi connectivity index (χ3n) is 8.76. The molecule has 7 rings (SSSR count). The van der Waals surface area contributed by atoms with E-state index in [0.29, 0.717) is 75.9 Å². The van der Waals surface area contributed by atoms with Gasteiger partial charge in [-0.15, -0.1) is 0 Å². The third-order valence-corrected chi connectivity index (χ3v) is 8.76. The summed E-state index contributed by atoms with van der Waals surface area (Å²) in [6.07, 6.45) is 3.42. The molecule has 0 saturated carbocycles. The van der Waals surface area contributed by atoms with Gasteiger partial charge in [0.2, 0.25) is 0 Å². The van der Waals surface area contributed by atoms with Crippen LogP contribution in [0.1, 0.15) is 44.5 Å². The molecule has 0 unspecified atom stereocenters. The summed E-state index contributed by atoms with van der Waals surface area (Å²) in [7, 11) is 0. The summed E-state index contributed by atoms with van der Waals surface area (Å²) >= 11 is 0.